The molecule has 0 spiro atoms. The Balaban J connectivity index is 2.03. The summed E-state index contributed by atoms with van der Waals surface area (Å²) in [6.07, 6.45) is 0.340. The fraction of sp³-hybridized carbons (Fsp3) is 0.231. The van der Waals surface area contributed by atoms with E-state index in [1.54, 1.807) is 79.7 Å². The van der Waals surface area contributed by atoms with Crippen LogP contribution < -0.4 is 9.62 Å². The Hall–Kier alpha value is -3.36. The van der Waals surface area contributed by atoms with Crippen molar-refractivity contribution in [2.24, 2.45) is 0 Å². The van der Waals surface area contributed by atoms with Gasteiger partial charge >= 0.3 is 0 Å². The smallest absolute Gasteiger partial charge is 0.264 e. The van der Waals surface area contributed by atoms with Crippen LogP contribution in [-0.4, -0.2) is 44.8 Å². The molecule has 0 fully saturated rings. The number of likely N-dealkylation sites (N-methyl/N-ethyl adjacent to an activating group) is 1. The standard InChI is InChI=1S/C26H28ClN3O4S/c1-3-24(26(32)28-2)29(18-20-12-10-11-17-23(20)27)25(31)19-30(21-13-6-4-7-14-21)35(33,34)22-15-8-5-9-16-22/h4-17,24H,3,18-19H2,1-2H3,(H,28,32)/t24-/m0/s1. The summed E-state index contributed by atoms with van der Waals surface area (Å²) >= 11 is 6.34. The van der Waals surface area contributed by atoms with Crippen LogP contribution in [0.5, 0.6) is 0 Å². The first-order valence-electron chi connectivity index (χ1n) is 11.2. The molecular weight excluding hydrogens is 486 g/mol. The van der Waals surface area contributed by atoms with Gasteiger partial charge < -0.3 is 10.2 Å². The molecule has 184 valence electrons. The second-order valence-electron chi connectivity index (χ2n) is 7.81. The van der Waals surface area contributed by atoms with E-state index in [0.29, 0.717) is 22.7 Å². The molecule has 3 aromatic carbocycles. The fourth-order valence-electron chi connectivity index (χ4n) is 3.74. The molecule has 7 nitrogen and oxygen atoms in total. The van der Waals surface area contributed by atoms with Gasteiger partial charge in [0.05, 0.1) is 10.6 Å². The van der Waals surface area contributed by atoms with E-state index in [1.807, 2.05) is 0 Å². The molecule has 0 aliphatic heterocycles. The molecule has 0 aliphatic carbocycles. The number of benzene rings is 3. The van der Waals surface area contributed by atoms with Gasteiger partial charge in [0, 0.05) is 18.6 Å². The van der Waals surface area contributed by atoms with E-state index in [2.05, 4.69) is 5.32 Å². The predicted molar refractivity (Wildman–Crippen MR) is 138 cm³/mol. The maximum Gasteiger partial charge on any atom is 0.264 e. The normalized spacial score (nSPS) is 12.0. The molecule has 0 unspecified atom stereocenters. The highest BCUT2D eigenvalue weighted by Gasteiger charge is 2.33. The van der Waals surface area contributed by atoms with Crippen LogP contribution in [0, 0.1) is 0 Å². The van der Waals surface area contributed by atoms with Crippen molar-refractivity contribution in [1.29, 1.82) is 0 Å². The van der Waals surface area contributed by atoms with E-state index in [0.717, 1.165) is 4.31 Å². The number of nitrogens with one attached hydrogen (secondary N) is 1. The number of halogens is 1. The summed E-state index contributed by atoms with van der Waals surface area (Å²) in [7, 11) is -2.56. The summed E-state index contributed by atoms with van der Waals surface area (Å²) in [6, 6.07) is 22.6. The van der Waals surface area contributed by atoms with Gasteiger partial charge in [0.15, 0.2) is 0 Å². The van der Waals surface area contributed by atoms with E-state index >= 15 is 0 Å². The third-order valence-corrected chi connectivity index (χ3v) is 7.74. The zero-order valence-electron chi connectivity index (χ0n) is 19.6. The molecule has 3 rings (SSSR count). The second-order valence-corrected chi connectivity index (χ2v) is 10.1. The van der Waals surface area contributed by atoms with Gasteiger partial charge in [-0.3, -0.25) is 13.9 Å². The van der Waals surface area contributed by atoms with Crippen molar-refractivity contribution < 1.29 is 18.0 Å². The Morgan fingerprint density at radius 1 is 0.914 bits per heavy atom. The minimum absolute atomic E-state index is 0.0540. The van der Waals surface area contributed by atoms with Crippen molar-refractivity contribution in [3.63, 3.8) is 0 Å². The van der Waals surface area contributed by atoms with Crippen molar-refractivity contribution in [2.45, 2.75) is 30.8 Å². The first-order valence-corrected chi connectivity index (χ1v) is 13.0. The van der Waals surface area contributed by atoms with Crippen LogP contribution in [0.1, 0.15) is 18.9 Å². The van der Waals surface area contributed by atoms with Crippen LogP contribution in [-0.2, 0) is 26.2 Å². The van der Waals surface area contributed by atoms with Gasteiger partial charge in [-0.1, -0.05) is 73.1 Å². The number of carbonyl (C=O) groups excluding carboxylic acids is 2. The van der Waals surface area contributed by atoms with Gasteiger partial charge in [0.1, 0.15) is 12.6 Å². The topological polar surface area (TPSA) is 86.8 Å². The van der Waals surface area contributed by atoms with Crippen LogP contribution in [0.3, 0.4) is 0 Å². The number of nitrogens with zero attached hydrogens (tertiary/aromatic N) is 2. The Labute approximate surface area is 211 Å². The molecule has 1 atom stereocenters. The highest BCUT2D eigenvalue weighted by Crippen LogP contribution is 2.25. The third-order valence-electron chi connectivity index (χ3n) is 5.59. The molecule has 0 heterocycles. The number of hydrogen-bond acceptors (Lipinski definition) is 4. The maximum atomic E-state index is 13.7. The van der Waals surface area contributed by atoms with Crippen LogP contribution in [0.4, 0.5) is 5.69 Å². The molecule has 0 saturated carbocycles. The summed E-state index contributed by atoms with van der Waals surface area (Å²) < 4.78 is 28.2. The summed E-state index contributed by atoms with van der Waals surface area (Å²) in [5.41, 5.74) is 0.998. The number of hydrogen-bond donors (Lipinski definition) is 1. The van der Waals surface area contributed by atoms with E-state index in [-0.39, 0.29) is 17.3 Å². The molecule has 0 aliphatic rings. The van der Waals surface area contributed by atoms with E-state index in [4.69, 9.17) is 11.6 Å². The van der Waals surface area contributed by atoms with Crippen LogP contribution in [0.2, 0.25) is 5.02 Å². The molecule has 0 radical (unpaired) electrons. The molecule has 1 N–H and O–H groups in total. The lowest BCUT2D eigenvalue weighted by atomic mass is 10.1. The lowest BCUT2D eigenvalue weighted by Gasteiger charge is -2.33. The molecule has 3 aromatic rings. The first kappa shape index (κ1) is 26.2. The second kappa shape index (κ2) is 11.9. The molecule has 0 aromatic heterocycles. The van der Waals surface area contributed by atoms with E-state index < -0.39 is 28.5 Å². The van der Waals surface area contributed by atoms with Crippen molar-refractivity contribution in [2.75, 3.05) is 17.9 Å². The Morgan fingerprint density at radius 2 is 1.49 bits per heavy atom. The number of carbonyl (C=O) groups is 2. The number of rotatable bonds is 10. The molecule has 35 heavy (non-hydrogen) atoms. The van der Waals surface area contributed by atoms with Gasteiger partial charge in [-0.2, -0.15) is 0 Å². The summed E-state index contributed by atoms with van der Waals surface area (Å²) in [5, 5.41) is 3.05. The highest BCUT2D eigenvalue weighted by atomic mass is 35.5. The quantitative estimate of drug-likeness (QED) is 0.442. The number of sulfonamides is 1. The Kier molecular flexibility index (Phi) is 8.89. The third kappa shape index (κ3) is 6.21. The van der Waals surface area contributed by atoms with Crippen LogP contribution in [0.15, 0.2) is 89.8 Å². The predicted octanol–water partition coefficient (Wildman–Crippen LogP) is 4.09. The number of anilines is 1. The zero-order chi connectivity index (χ0) is 25.4. The Morgan fingerprint density at radius 3 is 2.06 bits per heavy atom. The van der Waals surface area contributed by atoms with Crippen LogP contribution in [0.25, 0.3) is 0 Å². The minimum Gasteiger partial charge on any atom is -0.357 e. The molecule has 0 saturated heterocycles. The van der Waals surface area contributed by atoms with Crippen molar-refractivity contribution in [1.82, 2.24) is 10.2 Å². The number of amides is 2. The summed E-state index contributed by atoms with van der Waals surface area (Å²) in [4.78, 5) is 27.9. The van der Waals surface area contributed by atoms with Gasteiger partial charge in [-0.15, -0.1) is 0 Å². The SMILES string of the molecule is CC[C@@H](C(=O)NC)N(Cc1ccccc1Cl)C(=O)CN(c1ccccc1)S(=O)(=O)c1ccccc1. The average Bonchev–Trinajstić information content (AvgIpc) is 2.88. The molecule has 2 amide bonds. The largest absolute Gasteiger partial charge is 0.357 e. The Bertz CT molecular complexity index is 1250. The van der Waals surface area contributed by atoms with Gasteiger partial charge in [-0.05, 0) is 42.3 Å². The van der Waals surface area contributed by atoms with E-state index in [9.17, 15) is 18.0 Å². The van der Waals surface area contributed by atoms with E-state index in [1.165, 1.54) is 24.1 Å². The lowest BCUT2D eigenvalue weighted by Crippen LogP contribution is -2.51. The van der Waals surface area contributed by atoms with Gasteiger partial charge in [0.25, 0.3) is 10.0 Å². The van der Waals surface area contributed by atoms with Crippen molar-refractivity contribution in [3.8, 4) is 0 Å². The summed E-state index contributed by atoms with van der Waals surface area (Å²) in [6.45, 7) is 1.36. The zero-order valence-corrected chi connectivity index (χ0v) is 21.2. The number of para-hydroxylation sites is 1. The van der Waals surface area contributed by atoms with Gasteiger partial charge in [-0.25, -0.2) is 8.42 Å². The lowest BCUT2D eigenvalue weighted by molar-refractivity contribution is -0.140. The minimum atomic E-state index is -4.06. The molecule has 0 bridgehead atoms. The van der Waals surface area contributed by atoms with Gasteiger partial charge in [0.2, 0.25) is 11.8 Å². The average molecular weight is 514 g/mol. The molecule has 9 heteroatoms. The highest BCUT2D eigenvalue weighted by molar-refractivity contribution is 7.92. The van der Waals surface area contributed by atoms with Crippen LogP contribution >= 0.6 is 11.6 Å². The fourth-order valence-corrected chi connectivity index (χ4v) is 5.37. The molecular formula is C26H28ClN3O4S. The monoisotopic (exact) mass is 513 g/mol. The first-order chi connectivity index (χ1) is 16.8. The maximum absolute atomic E-state index is 13.7. The van der Waals surface area contributed by atoms with Crippen molar-refractivity contribution >= 4 is 39.1 Å². The summed E-state index contributed by atoms with van der Waals surface area (Å²) in [5.74, 6) is -0.867. The van der Waals surface area contributed by atoms with Crippen molar-refractivity contribution in [3.05, 3.63) is 95.5 Å².